The van der Waals surface area contributed by atoms with Crippen LogP contribution in [0, 0.1) is 29.6 Å². The average molecular weight is 1150 g/mol. The molecule has 1 aliphatic carbocycles. The SMILES string of the molecule is CCCC[C@H](NC(=O)c1cnc2ccc(C(F)(F)P(=O)(O)O)cc2c1)C(=O)N1C[C@H]2C[C@H]2[C@H]1C(=O)N[C@@H](CCC(N)=O)C(=O)N[C@H](C(=O)N1CCC(CCC#Cc2cccc3c2CN(C2CCC(=O)NC2=O)C3=O)CC1)c1ccccc1. The Morgan fingerprint density at radius 3 is 2.38 bits per heavy atom. The van der Waals surface area contributed by atoms with E-state index in [9.17, 15) is 66.3 Å². The van der Waals surface area contributed by atoms with Crippen LogP contribution in [0.5, 0.6) is 0 Å². The lowest BCUT2D eigenvalue weighted by molar-refractivity contribution is -0.142. The lowest BCUT2D eigenvalue weighted by atomic mass is 9.91. The van der Waals surface area contributed by atoms with Crippen LogP contribution < -0.4 is 27.0 Å². The van der Waals surface area contributed by atoms with Gasteiger partial charge in [-0.3, -0.25) is 58.0 Å². The van der Waals surface area contributed by atoms with Crippen molar-refractivity contribution >= 4 is 71.7 Å². The molecule has 5 heterocycles. The second-order valence-electron chi connectivity index (χ2n) is 21.7. The normalized spacial score (nSPS) is 20.8. The number of alkyl halides is 2. The van der Waals surface area contributed by atoms with Crippen LogP contribution in [0.1, 0.15) is 133 Å². The molecule has 0 bridgehead atoms. The fourth-order valence-electron chi connectivity index (χ4n) is 11.5. The largest absolute Gasteiger partial charge is 0.399 e. The van der Waals surface area contributed by atoms with Crippen LogP contribution in [-0.2, 0) is 50.3 Å². The molecule has 1 unspecified atom stereocenters. The van der Waals surface area contributed by atoms with E-state index in [-0.39, 0.29) is 97.1 Å². The zero-order valence-corrected chi connectivity index (χ0v) is 45.9. The van der Waals surface area contributed by atoms with E-state index in [0.717, 1.165) is 30.2 Å². The van der Waals surface area contributed by atoms with Crippen LogP contribution in [0.4, 0.5) is 8.78 Å². The van der Waals surface area contributed by atoms with Crippen molar-refractivity contribution in [3.05, 3.63) is 112 Å². The standard InChI is InChI=1S/C58H64F2N9O12P/c1-2-3-16-45(64-51(72)37-27-36-28-39(17-18-43(36)62-30-37)58(59,60)82(79,80)81)56(77)69-31-38-29-41(38)50(69)54(75)63-44(19-21-47(61)70)52(73)66-49(35-12-5-4-6-13-35)57(78)67-25-23-33(24-26-67)10-7-8-11-34-14-9-15-40-42(34)32-68(55(40)76)46-20-22-48(71)65-53(46)74/h4-6,9,12-15,17-18,27-28,30,33,38,41,44-46,49-50H,2-3,7,10,16,19-26,29,31-32H2,1H3,(H2,61,70)(H,63,75)(H,64,72)(H,66,73)(H,65,71,74)(H2,79,80,81)/t38-,41-,44+,45+,46?,49+,50+/m1/s1. The Bertz CT molecular complexity index is 3320. The van der Waals surface area contributed by atoms with Crippen molar-refractivity contribution in [2.75, 3.05) is 19.6 Å². The number of benzene rings is 3. The summed E-state index contributed by atoms with van der Waals surface area (Å²) < 4.78 is 40.8. The van der Waals surface area contributed by atoms with E-state index in [1.165, 1.54) is 22.1 Å². The molecule has 4 aliphatic heterocycles. The van der Waals surface area contributed by atoms with Gasteiger partial charge in [0.15, 0.2) is 0 Å². The number of carbonyl (C=O) groups is 9. The van der Waals surface area contributed by atoms with Gasteiger partial charge in [0.25, 0.3) is 11.8 Å². The van der Waals surface area contributed by atoms with Crippen molar-refractivity contribution in [2.24, 2.45) is 23.5 Å². The van der Waals surface area contributed by atoms with Gasteiger partial charge >= 0.3 is 13.3 Å². The van der Waals surface area contributed by atoms with Crippen LogP contribution >= 0.6 is 7.60 Å². The van der Waals surface area contributed by atoms with Crippen molar-refractivity contribution in [3.63, 3.8) is 0 Å². The van der Waals surface area contributed by atoms with Gasteiger partial charge in [0.05, 0.1) is 11.1 Å². The van der Waals surface area contributed by atoms with Gasteiger partial charge in [0.1, 0.15) is 30.2 Å². The molecule has 432 valence electrons. The molecule has 21 nitrogen and oxygen atoms in total. The first kappa shape index (κ1) is 58.7. The van der Waals surface area contributed by atoms with Gasteiger partial charge in [-0.05, 0) is 104 Å². The molecule has 5 aliphatic rings. The van der Waals surface area contributed by atoms with Crippen LogP contribution in [-0.4, -0.2) is 126 Å². The summed E-state index contributed by atoms with van der Waals surface area (Å²) in [5.74, 6) is 1.31. The predicted molar refractivity (Wildman–Crippen MR) is 291 cm³/mol. The number of amides is 9. The molecule has 1 aromatic heterocycles. The molecule has 8 N–H and O–H groups in total. The van der Waals surface area contributed by atoms with Crippen molar-refractivity contribution in [1.29, 1.82) is 0 Å². The van der Waals surface area contributed by atoms with E-state index in [1.54, 1.807) is 47.4 Å². The van der Waals surface area contributed by atoms with Gasteiger partial charge in [-0.25, -0.2) is 0 Å². The third-order valence-corrected chi connectivity index (χ3v) is 17.2. The number of piperidine rings is 3. The van der Waals surface area contributed by atoms with E-state index >= 15 is 0 Å². The zero-order valence-electron chi connectivity index (χ0n) is 45.0. The maximum Gasteiger partial charge on any atom is 0.399 e. The molecule has 3 aromatic carbocycles. The van der Waals surface area contributed by atoms with Crippen molar-refractivity contribution in [2.45, 2.75) is 126 Å². The second kappa shape index (κ2) is 24.7. The van der Waals surface area contributed by atoms with E-state index < -0.39 is 84.5 Å². The summed E-state index contributed by atoms with van der Waals surface area (Å²) in [7, 11) is -5.90. The summed E-state index contributed by atoms with van der Waals surface area (Å²) in [6, 6.07) is 12.4. The van der Waals surface area contributed by atoms with E-state index in [4.69, 9.17) is 5.73 Å². The summed E-state index contributed by atoms with van der Waals surface area (Å²) in [5, 5.41) is 10.6. The fraction of sp³-hybridized carbons (Fsp3) is 0.448. The number of nitrogens with one attached hydrogen (secondary N) is 4. The van der Waals surface area contributed by atoms with Crippen LogP contribution in [0.15, 0.2) is 79.0 Å². The highest BCUT2D eigenvalue weighted by molar-refractivity contribution is 7.52. The van der Waals surface area contributed by atoms with Gasteiger partial charge in [-0.15, -0.1) is 0 Å². The number of imide groups is 1. The summed E-state index contributed by atoms with van der Waals surface area (Å²) in [6.07, 6.45) is 5.53. The van der Waals surface area contributed by atoms with Gasteiger partial charge in [-0.1, -0.05) is 74.1 Å². The summed E-state index contributed by atoms with van der Waals surface area (Å²) in [5.41, 5.74) is 2.46. The first-order valence-electron chi connectivity index (χ1n) is 27.6. The van der Waals surface area contributed by atoms with Gasteiger partial charge in [0, 0.05) is 73.7 Å². The molecule has 82 heavy (non-hydrogen) atoms. The molecule has 9 amide bonds. The molecule has 0 radical (unpaired) electrons. The Balaban J connectivity index is 0.832. The average Bonchev–Trinajstić information content (AvgIpc) is 4.03. The maximum absolute atomic E-state index is 14.6. The molecular formula is C58H64F2N9O12P. The number of primary amides is 1. The number of hydrogen-bond acceptors (Lipinski definition) is 11. The Morgan fingerprint density at radius 2 is 1.67 bits per heavy atom. The molecule has 3 saturated heterocycles. The zero-order chi connectivity index (χ0) is 58.6. The first-order chi connectivity index (χ1) is 39.1. The number of fused-ring (bicyclic) bond motifs is 3. The second-order valence-corrected chi connectivity index (χ2v) is 23.4. The highest BCUT2D eigenvalue weighted by Crippen LogP contribution is 2.59. The van der Waals surface area contributed by atoms with Gasteiger partial charge in [0.2, 0.25) is 41.4 Å². The third kappa shape index (κ3) is 12.9. The number of halogens is 2. The Kier molecular flexibility index (Phi) is 17.7. The lowest BCUT2D eigenvalue weighted by Gasteiger charge is -2.35. The van der Waals surface area contributed by atoms with Crippen molar-refractivity contribution < 1.29 is 66.3 Å². The number of pyridine rings is 1. The monoisotopic (exact) mass is 1150 g/mol. The van der Waals surface area contributed by atoms with Crippen molar-refractivity contribution in [3.8, 4) is 11.8 Å². The molecular weight excluding hydrogens is 1080 g/mol. The van der Waals surface area contributed by atoms with Crippen LogP contribution in [0.3, 0.4) is 0 Å². The number of aromatic nitrogens is 1. The molecule has 4 aromatic rings. The number of unbranched alkanes of at least 4 members (excludes halogenated alkanes) is 1. The molecule has 4 fully saturated rings. The quantitative estimate of drug-likeness (QED) is 0.0374. The van der Waals surface area contributed by atoms with E-state index in [2.05, 4.69) is 38.1 Å². The molecule has 0 spiro atoms. The number of likely N-dealkylation sites (tertiary alicyclic amines) is 2. The summed E-state index contributed by atoms with van der Waals surface area (Å²) >= 11 is 0. The van der Waals surface area contributed by atoms with Crippen LogP contribution in [0.2, 0.25) is 0 Å². The lowest BCUT2D eigenvalue weighted by Crippen LogP contribution is -2.58. The fourth-order valence-corrected chi connectivity index (χ4v) is 12.0. The first-order valence-corrected chi connectivity index (χ1v) is 29.2. The number of nitrogens with zero attached hydrogens (tertiary/aromatic N) is 4. The van der Waals surface area contributed by atoms with E-state index in [1.807, 2.05) is 13.0 Å². The number of carbonyl (C=O) groups excluding carboxylic acids is 9. The maximum atomic E-state index is 14.6. The number of nitrogens with two attached hydrogens (primary N) is 1. The highest BCUT2D eigenvalue weighted by atomic mass is 31.2. The molecule has 9 rings (SSSR count). The number of hydrogen-bond donors (Lipinski definition) is 7. The topological polar surface area (TPSA) is 308 Å². The molecule has 1 saturated carbocycles. The minimum atomic E-state index is -5.90. The van der Waals surface area contributed by atoms with Crippen LogP contribution in [0.25, 0.3) is 10.9 Å². The Labute approximate surface area is 471 Å². The minimum absolute atomic E-state index is 0.0185. The molecule has 24 heteroatoms. The van der Waals surface area contributed by atoms with Crippen molar-refractivity contribution in [1.82, 2.24) is 41.0 Å². The minimum Gasteiger partial charge on any atom is -0.370 e. The Morgan fingerprint density at radius 1 is 0.915 bits per heavy atom. The number of rotatable bonds is 20. The third-order valence-electron chi connectivity index (χ3n) is 16.2. The van der Waals surface area contributed by atoms with Gasteiger partial charge in [-0.2, -0.15) is 8.78 Å². The smallest absolute Gasteiger partial charge is 0.370 e. The summed E-state index contributed by atoms with van der Waals surface area (Å²) in [6.45, 7) is 3.04. The summed E-state index contributed by atoms with van der Waals surface area (Å²) in [4.78, 5) is 149. The van der Waals surface area contributed by atoms with Gasteiger partial charge < -0.3 is 46.2 Å². The van der Waals surface area contributed by atoms with E-state index in [0.29, 0.717) is 68.3 Å². The predicted octanol–water partition coefficient (Wildman–Crippen LogP) is 4.04. The molecule has 7 atom stereocenters. The highest BCUT2D eigenvalue weighted by Gasteiger charge is 2.58. The Hall–Kier alpha value is -7.93.